The zero-order valence-electron chi connectivity index (χ0n) is 4.29. The summed E-state index contributed by atoms with van der Waals surface area (Å²) in [7, 11) is 0. The smallest absolute Gasteiger partial charge is 0.239 e. The average molecular weight is 116 g/mol. The quantitative estimate of drug-likeness (QED) is 0.340. The molecule has 1 amide bonds. The number of amides is 1. The second kappa shape index (κ2) is 1.72. The first-order chi connectivity index (χ1) is 3.75. The van der Waals surface area contributed by atoms with Crippen LogP contribution in [-0.2, 0) is 4.79 Å². The average Bonchev–Trinajstić information content (AvgIpc) is 1.81. The van der Waals surface area contributed by atoms with Crippen molar-refractivity contribution in [3.8, 4) is 0 Å². The van der Waals surface area contributed by atoms with E-state index in [1.54, 1.807) is 0 Å². The van der Waals surface area contributed by atoms with Gasteiger partial charge in [0.15, 0.2) is 0 Å². The lowest BCUT2D eigenvalue weighted by Gasteiger charge is -2.31. The van der Waals surface area contributed by atoms with Crippen molar-refractivity contribution in [2.24, 2.45) is 5.73 Å². The molecule has 0 aromatic rings. The fraction of sp³-hybridized carbons (Fsp3) is 0.750. The number of hydrogen-bond donors (Lipinski definition) is 3. The predicted octanol–water partition coefficient (Wildman–Crippen LogP) is -2.20. The summed E-state index contributed by atoms with van der Waals surface area (Å²) < 4.78 is 0. The summed E-state index contributed by atoms with van der Waals surface area (Å²) in [6, 6.07) is -0.692. The van der Waals surface area contributed by atoms with Gasteiger partial charge in [-0.15, -0.1) is 0 Å². The third-order valence-corrected chi connectivity index (χ3v) is 1.26. The third kappa shape index (κ3) is 0.579. The standard InChI is InChI=1S/C4H8N2O2/c5-3-2(1-7)6-4(3)8/h2-3,7H,1,5H2,(H,6,8). The Bertz CT molecular complexity index is 115. The number of nitrogens with one attached hydrogen (secondary N) is 1. The highest BCUT2D eigenvalue weighted by Gasteiger charge is 2.34. The summed E-state index contributed by atoms with van der Waals surface area (Å²) in [6.07, 6.45) is 0. The van der Waals surface area contributed by atoms with Crippen molar-refractivity contribution in [1.82, 2.24) is 5.32 Å². The van der Waals surface area contributed by atoms with Gasteiger partial charge in [0.2, 0.25) is 5.91 Å². The highest BCUT2D eigenvalue weighted by atomic mass is 16.3. The summed E-state index contributed by atoms with van der Waals surface area (Å²) in [4.78, 5) is 10.3. The third-order valence-electron chi connectivity index (χ3n) is 1.26. The molecule has 1 fully saturated rings. The molecule has 4 nitrogen and oxygen atoms in total. The maximum Gasteiger partial charge on any atom is 0.239 e. The summed E-state index contributed by atoms with van der Waals surface area (Å²) in [5.74, 6) is -0.177. The van der Waals surface area contributed by atoms with Crippen LogP contribution in [0.4, 0.5) is 0 Å². The van der Waals surface area contributed by atoms with E-state index in [9.17, 15) is 4.79 Å². The summed E-state index contributed by atoms with van der Waals surface area (Å²) >= 11 is 0. The Labute approximate surface area is 46.7 Å². The fourth-order valence-electron chi connectivity index (χ4n) is 0.614. The van der Waals surface area contributed by atoms with E-state index in [0.717, 1.165) is 0 Å². The molecule has 1 rings (SSSR count). The fourth-order valence-corrected chi connectivity index (χ4v) is 0.614. The SMILES string of the molecule is NC1C(=O)NC1CO. The molecule has 0 radical (unpaired) electrons. The Morgan fingerprint density at radius 1 is 1.88 bits per heavy atom. The van der Waals surface area contributed by atoms with Crippen LogP contribution in [0.3, 0.4) is 0 Å². The lowest BCUT2D eigenvalue weighted by atomic mass is 10.0. The largest absolute Gasteiger partial charge is 0.394 e. The van der Waals surface area contributed by atoms with Crippen LogP contribution in [-0.4, -0.2) is 29.7 Å². The maximum absolute atomic E-state index is 10.3. The molecule has 4 heteroatoms. The van der Waals surface area contributed by atoms with Gasteiger partial charge in [-0.05, 0) is 0 Å². The molecule has 4 N–H and O–H groups in total. The zero-order valence-corrected chi connectivity index (χ0v) is 4.29. The minimum absolute atomic E-state index is 0.0626. The molecule has 1 aliphatic rings. The number of rotatable bonds is 1. The van der Waals surface area contributed by atoms with Gasteiger partial charge in [-0.2, -0.15) is 0 Å². The number of carbonyl (C=O) groups is 1. The molecule has 46 valence electrons. The van der Waals surface area contributed by atoms with Gasteiger partial charge in [0.1, 0.15) is 6.04 Å². The lowest BCUT2D eigenvalue weighted by molar-refractivity contribution is -0.131. The number of nitrogens with two attached hydrogens (primary N) is 1. The second-order valence-corrected chi connectivity index (χ2v) is 1.82. The summed E-state index contributed by atoms with van der Waals surface area (Å²) in [5, 5.41) is 10.8. The van der Waals surface area contributed by atoms with Crippen LogP contribution in [0.15, 0.2) is 0 Å². The monoisotopic (exact) mass is 116 g/mol. The van der Waals surface area contributed by atoms with E-state index in [1.807, 2.05) is 0 Å². The molecule has 2 atom stereocenters. The number of aliphatic hydroxyl groups is 1. The molecule has 0 spiro atoms. The van der Waals surface area contributed by atoms with Gasteiger partial charge in [-0.3, -0.25) is 4.79 Å². The minimum atomic E-state index is -0.486. The first-order valence-electron chi connectivity index (χ1n) is 2.42. The van der Waals surface area contributed by atoms with Gasteiger partial charge in [0.05, 0.1) is 12.6 Å². The molecule has 0 bridgehead atoms. The molecule has 1 saturated heterocycles. The highest BCUT2D eigenvalue weighted by Crippen LogP contribution is 2.00. The van der Waals surface area contributed by atoms with Crippen LogP contribution in [0, 0.1) is 0 Å². The second-order valence-electron chi connectivity index (χ2n) is 1.82. The lowest BCUT2D eigenvalue weighted by Crippen LogP contribution is -2.68. The molecular formula is C4H8N2O2. The Kier molecular flexibility index (Phi) is 1.19. The molecule has 0 aromatic heterocycles. The van der Waals surface area contributed by atoms with Gasteiger partial charge < -0.3 is 16.2 Å². The van der Waals surface area contributed by atoms with Crippen molar-refractivity contribution in [2.75, 3.05) is 6.61 Å². The first-order valence-corrected chi connectivity index (χ1v) is 2.42. The van der Waals surface area contributed by atoms with Gasteiger partial charge >= 0.3 is 0 Å². The van der Waals surface area contributed by atoms with Gasteiger partial charge in [0, 0.05) is 0 Å². The topological polar surface area (TPSA) is 75.4 Å². The van der Waals surface area contributed by atoms with E-state index >= 15 is 0 Å². The van der Waals surface area contributed by atoms with E-state index in [4.69, 9.17) is 10.8 Å². The first kappa shape index (κ1) is 5.53. The molecule has 1 heterocycles. The Morgan fingerprint density at radius 3 is 2.62 bits per heavy atom. The highest BCUT2D eigenvalue weighted by molar-refractivity contribution is 5.88. The van der Waals surface area contributed by atoms with Gasteiger partial charge in [0.25, 0.3) is 0 Å². The van der Waals surface area contributed by atoms with Crippen molar-refractivity contribution < 1.29 is 9.90 Å². The van der Waals surface area contributed by atoms with E-state index in [0.29, 0.717) is 0 Å². The van der Waals surface area contributed by atoms with Gasteiger partial charge in [-0.1, -0.05) is 0 Å². The van der Waals surface area contributed by atoms with E-state index in [2.05, 4.69) is 5.32 Å². The van der Waals surface area contributed by atoms with Crippen LogP contribution in [0.5, 0.6) is 0 Å². The molecule has 2 unspecified atom stereocenters. The molecule has 0 aliphatic carbocycles. The van der Waals surface area contributed by atoms with Gasteiger partial charge in [-0.25, -0.2) is 0 Å². The molecular weight excluding hydrogens is 108 g/mol. The van der Waals surface area contributed by atoms with Crippen molar-refractivity contribution in [2.45, 2.75) is 12.1 Å². The van der Waals surface area contributed by atoms with E-state index < -0.39 is 6.04 Å². The predicted molar refractivity (Wildman–Crippen MR) is 27.0 cm³/mol. The summed E-state index contributed by atoms with van der Waals surface area (Å²) in [6.45, 7) is -0.0626. The summed E-state index contributed by atoms with van der Waals surface area (Å²) in [5.41, 5.74) is 5.20. The Balaban J connectivity index is 2.35. The maximum atomic E-state index is 10.3. The van der Waals surface area contributed by atoms with Crippen molar-refractivity contribution >= 4 is 5.91 Å². The van der Waals surface area contributed by atoms with Crippen molar-refractivity contribution in [1.29, 1.82) is 0 Å². The normalized spacial score (nSPS) is 36.0. The van der Waals surface area contributed by atoms with Crippen LogP contribution in [0.2, 0.25) is 0 Å². The molecule has 0 saturated carbocycles. The number of aliphatic hydroxyl groups excluding tert-OH is 1. The molecule has 0 aromatic carbocycles. The van der Waals surface area contributed by atoms with Crippen LogP contribution in [0.1, 0.15) is 0 Å². The molecule has 8 heavy (non-hydrogen) atoms. The van der Waals surface area contributed by atoms with Crippen LogP contribution in [0.25, 0.3) is 0 Å². The van der Waals surface area contributed by atoms with Crippen LogP contribution < -0.4 is 11.1 Å². The Morgan fingerprint density at radius 2 is 2.50 bits per heavy atom. The minimum Gasteiger partial charge on any atom is -0.394 e. The zero-order chi connectivity index (χ0) is 6.15. The van der Waals surface area contributed by atoms with E-state index in [1.165, 1.54) is 0 Å². The molecule has 1 aliphatic heterocycles. The van der Waals surface area contributed by atoms with Crippen molar-refractivity contribution in [3.05, 3.63) is 0 Å². The van der Waals surface area contributed by atoms with Crippen LogP contribution >= 0.6 is 0 Å². The Hall–Kier alpha value is -0.610. The number of β-lactam (4-membered cyclic amide) rings is 1. The van der Waals surface area contributed by atoms with E-state index in [-0.39, 0.29) is 18.6 Å². The van der Waals surface area contributed by atoms with Crippen molar-refractivity contribution in [3.63, 3.8) is 0 Å². The number of carbonyl (C=O) groups excluding carboxylic acids is 1. The number of hydrogen-bond acceptors (Lipinski definition) is 3.